The first-order valence-electron chi connectivity index (χ1n) is 19.2. The summed E-state index contributed by atoms with van der Waals surface area (Å²) in [4.78, 5) is 9.84. The Hall–Kier alpha value is -7.36. The maximum Gasteiger partial charge on any atom is 0.136 e. The van der Waals surface area contributed by atoms with Crippen molar-refractivity contribution in [1.29, 1.82) is 0 Å². The summed E-state index contributed by atoms with van der Waals surface area (Å²) in [7, 11) is 0. The molecule has 0 fully saturated rings. The smallest absolute Gasteiger partial charge is 0.136 e. The zero-order valence-corrected chi connectivity index (χ0v) is 30.1. The SMILES string of the molecule is c1ccc(-c2c3ccccc3c(-c3ccc4c(c3)C3(c5ccccc5-c5cc6oc7ccc8ncccc8c7c6cc53)c3cccnc3-4)c3ccccc23)cc1. The molecule has 258 valence electrons. The van der Waals surface area contributed by atoms with Gasteiger partial charge in [-0.05, 0) is 120 Å². The van der Waals surface area contributed by atoms with Gasteiger partial charge in [-0.2, -0.15) is 0 Å². The molecule has 0 saturated heterocycles. The Bertz CT molecular complexity index is 3430. The van der Waals surface area contributed by atoms with Crippen LogP contribution in [-0.2, 0) is 5.41 Å². The quantitative estimate of drug-likeness (QED) is 0.168. The predicted octanol–water partition coefficient (Wildman–Crippen LogP) is 13.5. The maximum absolute atomic E-state index is 6.65. The summed E-state index contributed by atoms with van der Waals surface area (Å²) in [6.07, 6.45) is 3.80. The lowest BCUT2D eigenvalue weighted by Gasteiger charge is -2.30. The molecule has 56 heavy (non-hydrogen) atoms. The third-order valence-corrected chi connectivity index (χ3v) is 12.6. The van der Waals surface area contributed by atoms with E-state index in [-0.39, 0.29) is 0 Å². The summed E-state index contributed by atoms with van der Waals surface area (Å²) < 4.78 is 6.65. The summed E-state index contributed by atoms with van der Waals surface area (Å²) in [5.74, 6) is 0. The van der Waals surface area contributed by atoms with Crippen molar-refractivity contribution < 1.29 is 4.42 Å². The average Bonchev–Trinajstić information content (AvgIpc) is 3.88. The number of nitrogens with zero attached hydrogens (tertiary/aromatic N) is 2. The Morgan fingerprint density at radius 1 is 0.375 bits per heavy atom. The van der Waals surface area contributed by atoms with Crippen LogP contribution in [0.1, 0.15) is 22.3 Å². The van der Waals surface area contributed by atoms with Gasteiger partial charge in [-0.25, -0.2) is 0 Å². The van der Waals surface area contributed by atoms with Gasteiger partial charge in [0, 0.05) is 34.1 Å². The first-order chi connectivity index (χ1) is 27.8. The lowest BCUT2D eigenvalue weighted by molar-refractivity contribution is 0.669. The van der Waals surface area contributed by atoms with Crippen LogP contribution < -0.4 is 0 Å². The van der Waals surface area contributed by atoms with Crippen molar-refractivity contribution in [3.8, 4) is 44.6 Å². The predicted molar refractivity (Wildman–Crippen MR) is 229 cm³/mol. The first kappa shape index (κ1) is 30.0. The zero-order chi connectivity index (χ0) is 36.5. The highest BCUT2D eigenvalue weighted by Gasteiger charge is 2.52. The second-order valence-electron chi connectivity index (χ2n) is 15.2. The monoisotopic (exact) mass is 710 g/mol. The summed E-state index contributed by atoms with van der Waals surface area (Å²) >= 11 is 0. The van der Waals surface area contributed by atoms with Gasteiger partial charge in [0.1, 0.15) is 11.2 Å². The highest BCUT2D eigenvalue weighted by molar-refractivity contribution is 6.22. The number of benzene rings is 8. The van der Waals surface area contributed by atoms with Gasteiger partial charge in [0.05, 0.1) is 16.6 Å². The van der Waals surface area contributed by atoms with E-state index in [1.165, 1.54) is 82.7 Å². The molecule has 1 atom stereocenters. The summed E-state index contributed by atoms with van der Waals surface area (Å²) in [5.41, 5.74) is 16.7. The van der Waals surface area contributed by atoms with E-state index in [2.05, 4.69) is 164 Å². The number of fused-ring (bicyclic) bond motifs is 17. The van der Waals surface area contributed by atoms with Gasteiger partial charge < -0.3 is 4.42 Å². The highest BCUT2D eigenvalue weighted by atomic mass is 16.3. The number of hydrogen-bond donors (Lipinski definition) is 0. The molecular formula is C53H30N2O. The molecule has 0 N–H and O–H groups in total. The van der Waals surface area contributed by atoms with Crippen LogP contribution >= 0.6 is 0 Å². The largest absolute Gasteiger partial charge is 0.456 e. The molecule has 11 aromatic rings. The summed E-state index contributed by atoms with van der Waals surface area (Å²) in [6, 6.07) is 62.1. The third-order valence-electron chi connectivity index (χ3n) is 12.6. The zero-order valence-electron chi connectivity index (χ0n) is 30.1. The van der Waals surface area contributed by atoms with E-state index >= 15 is 0 Å². The Morgan fingerprint density at radius 3 is 1.82 bits per heavy atom. The molecule has 3 heterocycles. The average molecular weight is 711 g/mol. The van der Waals surface area contributed by atoms with Crippen LogP contribution in [-0.4, -0.2) is 9.97 Å². The van der Waals surface area contributed by atoms with E-state index < -0.39 is 5.41 Å². The fourth-order valence-corrected chi connectivity index (χ4v) is 10.4. The van der Waals surface area contributed by atoms with Crippen molar-refractivity contribution in [1.82, 2.24) is 9.97 Å². The summed E-state index contributed by atoms with van der Waals surface area (Å²) in [5, 5.41) is 8.30. The first-order valence-corrected chi connectivity index (χ1v) is 19.2. The molecule has 0 radical (unpaired) electrons. The van der Waals surface area contributed by atoms with Gasteiger partial charge >= 0.3 is 0 Å². The molecule has 1 spiro atoms. The Morgan fingerprint density at radius 2 is 1.02 bits per heavy atom. The number of furan rings is 1. The molecule has 0 amide bonds. The Kier molecular flexibility index (Phi) is 5.83. The van der Waals surface area contributed by atoms with Gasteiger partial charge in [-0.1, -0.05) is 127 Å². The fourth-order valence-electron chi connectivity index (χ4n) is 10.4. The third kappa shape index (κ3) is 3.72. The molecule has 0 bridgehead atoms. The lowest BCUT2D eigenvalue weighted by Crippen LogP contribution is -2.26. The van der Waals surface area contributed by atoms with Crippen molar-refractivity contribution in [2.75, 3.05) is 0 Å². The molecule has 0 saturated carbocycles. The van der Waals surface area contributed by atoms with Crippen molar-refractivity contribution in [2.45, 2.75) is 5.41 Å². The van der Waals surface area contributed by atoms with Crippen LogP contribution in [0.4, 0.5) is 0 Å². The number of aromatic nitrogens is 2. The van der Waals surface area contributed by atoms with Crippen LogP contribution in [0, 0.1) is 0 Å². The van der Waals surface area contributed by atoms with Crippen LogP contribution in [0.5, 0.6) is 0 Å². The van der Waals surface area contributed by atoms with E-state index in [1.54, 1.807) is 0 Å². The van der Waals surface area contributed by atoms with Crippen LogP contribution in [0.2, 0.25) is 0 Å². The van der Waals surface area contributed by atoms with Crippen molar-refractivity contribution in [3.63, 3.8) is 0 Å². The highest BCUT2D eigenvalue weighted by Crippen LogP contribution is 2.63. The molecule has 0 aliphatic heterocycles. The normalized spacial score (nSPS) is 15.2. The van der Waals surface area contributed by atoms with Crippen LogP contribution in [0.25, 0.3) is 99.0 Å². The number of pyridine rings is 2. The van der Waals surface area contributed by atoms with Gasteiger partial charge in [-0.3, -0.25) is 9.97 Å². The van der Waals surface area contributed by atoms with Crippen LogP contribution in [0.3, 0.4) is 0 Å². The second-order valence-corrected chi connectivity index (χ2v) is 15.2. The van der Waals surface area contributed by atoms with Gasteiger partial charge in [-0.15, -0.1) is 0 Å². The number of hydrogen-bond acceptors (Lipinski definition) is 3. The minimum absolute atomic E-state index is 0.586. The molecule has 8 aromatic carbocycles. The van der Waals surface area contributed by atoms with E-state index in [1.807, 2.05) is 18.5 Å². The Balaban J connectivity index is 1.16. The lowest BCUT2D eigenvalue weighted by atomic mass is 9.70. The summed E-state index contributed by atoms with van der Waals surface area (Å²) in [6.45, 7) is 0. The fraction of sp³-hybridized carbons (Fsp3) is 0.0189. The molecule has 2 aliphatic rings. The molecule has 13 rings (SSSR count). The molecule has 3 heteroatoms. The Labute approximate surface area is 322 Å². The second kappa shape index (κ2) is 10.9. The molecular weight excluding hydrogens is 681 g/mol. The molecule has 1 unspecified atom stereocenters. The van der Waals surface area contributed by atoms with E-state index in [0.717, 1.165) is 38.5 Å². The van der Waals surface area contributed by atoms with E-state index in [4.69, 9.17) is 14.4 Å². The topological polar surface area (TPSA) is 38.9 Å². The minimum atomic E-state index is -0.586. The number of rotatable bonds is 2. The molecule has 3 aromatic heterocycles. The standard InChI is InChI=1S/C53H30N2O/c1-2-12-31(13-3-1)49-34-15-4-6-17-36(34)50(37-18-7-5-16-35(37)49)32-22-23-38-44(28-32)53(43-21-11-27-55-52(38)43)42-20-9-8-14-33(42)40-30-48-41(29-45(40)53)51-39-19-10-26-54-46(39)24-25-47(51)56-48/h1-30H. The van der Waals surface area contributed by atoms with E-state index in [0.29, 0.717) is 0 Å². The van der Waals surface area contributed by atoms with E-state index in [9.17, 15) is 0 Å². The van der Waals surface area contributed by atoms with Crippen molar-refractivity contribution in [3.05, 3.63) is 205 Å². The van der Waals surface area contributed by atoms with Gasteiger partial charge in [0.2, 0.25) is 0 Å². The van der Waals surface area contributed by atoms with Gasteiger partial charge in [0.15, 0.2) is 0 Å². The minimum Gasteiger partial charge on any atom is -0.456 e. The van der Waals surface area contributed by atoms with Gasteiger partial charge in [0.25, 0.3) is 0 Å². The maximum atomic E-state index is 6.65. The molecule has 3 nitrogen and oxygen atoms in total. The molecule has 2 aliphatic carbocycles. The van der Waals surface area contributed by atoms with Crippen LogP contribution in [0.15, 0.2) is 187 Å². The van der Waals surface area contributed by atoms with Crippen molar-refractivity contribution >= 4 is 54.4 Å². The van der Waals surface area contributed by atoms with Crippen molar-refractivity contribution in [2.24, 2.45) is 0 Å².